The molecule has 0 radical (unpaired) electrons. The number of benzene rings is 4. The molecule has 0 spiro atoms. The molecule has 1 saturated heterocycles. The van der Waals surface area contributed by atoms with E-state index in [0.717, 1.165) is 14.9 Å². The van der Waals surface area contributed by atoms with Crippen LogP contribution in [0.15, 0.2) is 111 Å². The SMILES string of the molecule is O=C(c1ccc(Sc2ccc(Br)cc2)c([N+](=O)[O-])c1)N1CCN([C@@H](c2ccccc2)c2ccc(Cl)cc2)CC1. The van der Waals surface area contributed by atoms with Crippen LogP contribution in [0.1, 0.15) is 27.5 Å². The number of hydrogen-bond donors (Lipinski definition) is 0. The average molecular weight is 623 g/mol. The standard InChI is InChI=1S/C30H25BrClN3O3S/c31-24-9-13-26(14-10-24)39-28-15-8-23(20-27(28)35(37)38)30(36)34-18-16-33(17-19-34)29(21-4-2-1-3-5-21)22-6-11-25(32)12-7-22/h1-15,20,29H,16-19H2/t29-/m0/s1. The van der Waals surface area contributed by atoms with Gasteiger partial charge in [-0.2, -0.15) is 0 Å². The lowest BCUT2D eigenvalue weighted by Crippen LogP contribution is -2.49. The molecular formula is C30H25BrClN3O3S. The highest BCUT2D eigenvalue weighted by Crippen LogP contribution is 2.36. The maximum Gasteiger partial charge on any atom is 0.284 e. The maximum atomic E-state index is 13.4. The summed E-state index contributed by atoms with van der Waals surface area (Å²) in [5.74, 6) is -0.194. The van der Waals surface area contributed by atoms with Gasteiger partial charge in [0.25, 0.3) is 11.6 Å². The van der Waals surface area contributed by atoms with E-state index >= 15 is 0 Å². The van der Waals surface area contributed by atoms with Gasteiger partial charge in [-0.1, -0.05) is 81.8 Å². The molecule has 1 heterocycles. The fraction of sp³-hybridized carbons (Fsp3) is 0.167. The predicted octanol–water partition coefficient (Wildman–Crippen LogP) is 7.71. The Labute approximate surface area is 244 Å². The quantitative estimate of drug-likeness (QED) is 0.156. The average Bonchev–Trinajstić information content (AvgIpc) is 2.96. The van der Waals surface area contributed by atoms with Gasteiger partial charge in [0, 0.05) is 52.2 Å². The summed E-state index contributed by atoms with van der Waals surface area (Å²) in [7, 11) is 0. The van der Waals surface area contributed by atoms with Crippen molar-refractivity contribution < 1.29 is 9.72 Å². The van der Waals surface area contributed by atoms with Gasteiger partial charge in [-0.25, -0.2) is 0 Å². The highest BCUT2D eigenvalue weighted by atomic mass is 79.9. The van der Waals surface area contributed by atoms with Crippen LogP contribution < -0.4 is 0 Å². The van der Waals surface area contributed by atoms with Crippen molar-refractivity contribution in [1.82, 2.24) is 9.80 Å². The fourth-order valence-corrected chi connectivity index (χ4v) is 6.06. The lowest BCUT2D eigenvalue weighted by molar-refractivity contribution is -0.387. The van der Waals surface area contributed by atoms with Crippen molar-refractivity contribution >= 4 is 50.9 Å². The number of piperazine rings is 1. The van der Waals surface area contributed by atoms with Crippen molar-refractivity contribution in [1.29, 1.82) is 0 Å². The summed E-state index contributed by atoms with van der Waals surface area (Å²) in [5.41, 5.74) is 2.57. The Balaban J connectivity index is 1.31. The van der Waals surface area contributed by atoms with E-state index in [1.54, 1.807) is 17.0 Å². The van der Waals surface area contributed by atoms with Gasteiger partial charge in [-0.05, 0) is 59.7 Å². The molecule has 0 saturated carbocycles. The fourth-order valence-electron chi connectivity index (χ4n) is 4.77. The van der Waals surface area contributed by atoms with Crippen molar-refractivity contribution in [2.75, 3.05) is 26.2 Å². The van der Waals surface area contributed by atoms with Crippen LogP contribution in [0, 0.1) is 10.1 Å². The van der Waals surface area contributed by atoms with Crippen molar-refractivity contribution in [2.45, 2.75) is 15.8 Å². The monoisotopic (exact) mass is 621 g/mol. The molecule has 6 nitrogen and oxygen atoms in total. The molecule has 5 rings (SSSR count). The second-order valence-corrected chi connectivity index (χ2v) is 11.7. The van der Waals surface area contributed by atoms with Crippen molar-refractivity contribution in [2.24, 2.45) is 0 Å². The Morgan fingerprint density at radius 1 is 0.872 bits per heavy atom. The number of nitro benzene ring substituents is 1. The molecule has 1 amide bonds. The third-order valence-corrected chi connectivity index (χ3v) is 8.57. The first kappa shape index (κ1) is 27.4. The van der Waals surface area contributed by atoms with E-state index in [-0.39, 0.29) is 17.6 Å². The Bertz CT molecular complexity index is 1460. The van der Waals surface area contributed by atoms with Gasteiger partial charge in [0.15, 0.2) is 0 Å². The third kappa shape index (κ3) is 6.53. The summed E-state index contributed by atoms with van der Waals surface area (Å²) in [4.78, 5) is 30.4. The Morgan fingerprint density at radius 3 is 2.15 bits per heavy atom. The smallest absolute Gasteiger partial charge is 0.284 e. The number of carbonyl (C=O) groups is 1. The van der Waals surface area contributed by atoms with E-state index in [1.807, 2.05) is 66.7 Å². The molecule has 1 fully saturated rings. The van der Waals surface area contributed by atoms with Crippen molar-refractivity contribution in [3.05, 3.63) is 133 Å². The first-order valence-electron chi connectivity index (χ1n) is 12.4. The molecule has 0 N–H and O–H groups in total. The van der Waals surface area contributed by atoms with Crippen LogP contribution in [0.2, 0.25) is 5.02 Å². The van der Waals surface area contributed by atoms with E-state index in [9.17, 15) is 14.9 Å². The second-order valence-electron chi connectivity index (χ2n) is 9.19. The van der Waals surface area contributed by atoms with Crippen LogP contribution in [0.5, 0.6) is 0 Å². The molecule has 198 valence electrons. The van der Waals surface area contributed by atoms with Crippen LogP contribution in [-0.4, -0.2) is 46.8 Å². The first-order valence-corrected chi connectivity index (χ1v) is 14.4. The molecular weight excluding hydrogens is 598 g/mol. The molecule has 1 aliphatic heterocycles. The van der Waals surface area contributed by atoms with Gasteiger partial charge in [0.2, 0.25) is 0 Å². The van der Waals surface area contributed by atoms with Gasteiger partial charge < -0.3 is 4.90 Å². The van der Waals surface area contributed by atoms with Crippen LogP contribution in [0.25, 0.3) is 0 Å². The van der Waals surface area contributed by atoms with Gasteiger partial charge in [-0.3, -0.25) is 19.8 Å². The molecule has 0 bridgehead atoms. The molecule has 4 aromatic rings. The van der Waals surface area contributed by atoms with E-state index in [4.69, 9.17) is 11.6 Å². The zero-order valence-corrected chi connectivity index (χ0v) is 24.0. The van der Waals surface area contributed by atoms with Crippen LogP contribution in [-0.2, 0) is 0 Å². The minimum atomic E-state index is -0.424. The molecule has 0 aliphatic carbocycles. The van der Waals surface area contributed by atoms with E-state index < -0.39 is 4.92 Å². The van der Waals surface area contributed by atoms with Crippen LogP contribution in [0.3, 0.4) is 0 Å². The maximum absolute atomic E-state index is 13.4. The van der Waals surface area contributed by atoms with Crippen LogP contribution >= 0.6 is 39.3 Å². The van der Waals surface area contributed by atoms with Gasteiger partial charge in [0.05, 0.1) is 15.9 Å². The number of nitrogens with zero attached hydrogens (tertiary/aromatic N) is 3. The third-order valence-electron chi connectivity index (χ3n) is 6.71. The highest BCUT2D eigenvalue weighted by Gasteiger charge is 2.29. The number of carbonyl (C=O) groups excluding carboxylic acids is 1. The minimum Gasteiger partial charge on any atom is -0.336 e. The lowest BCUT2D eigenvalue weighted by Gasteiger charge is -2.39. The van der Waals surface area contributed by atoms with Crippen molar-refractivity contribution in [3.63, 3.8) is 0 Å². The zero-order valence-electron chi connectivity index (χ0n) is 20.9. The summed E-state index contributed by atoms with van der Waals surface area (Å²) in [6.07, 6.45) is 0. The number of halogens is 2. The van der Waals surface area contributed by atoms with E-state index in [0.29, 0.717) is 41.7 Å². The molecule has 0 unspecified atom stereocenters. The van der Waals surface area contributed by atoms with Crippen LogP contribution in [0.4, 0.5) is 5.69 Å². The van der Waals surface area contributed by atoms with E-state index in [2.05, 4.69) is 33.0 Å². The summed E-state index contributed by atoms with van der Waals surface area (Å²) < 4.78 is 0.936. The molecule has 1 atom stereocenters. The summed E-state index contributed by atoms with van der Waals surface area (Å²) in [6.45, 7) is 2.40. The Kier molecular flexibility index (Phi) is 8.67. The molecule has 9 heteroatoms. The summed E-state index contributed by atoms with van der Waals surface area (Å²) in [6, 6.07) is 30.5. The van der Waals surface area contributed by atoms with Crippen molar-refractivity contribution in [3.8, 4) is 0 Å². The highest BCUT2D eigenvalue weighted by molar-refractivity contribution is 9.10. The molecule has 39 heavy (non-hydrogen) atoms. The molecule has 0 aromatic heterocycles. The number of hydrogen-bond acceptors (Lipinski definition) is 5. The van der Waals surface area contributed by atoms with E-state index in [1.165, 1.54) is 23.4 Å². The Hall–Kier alpha value is -3.17. The number of nitro groups is 1. The first-order chi connectivity index (χ1) is 18.9. The minimum absolute atomic E-state index is 0.0386. The summed E-state index contributed by atoms with van der Waals surface area (Å²) in [5, 5.41) is 12.6. The Morgan fingerprint density at radius 2 is 1.51 bits per heavy atom. The predicted molar refractivity (Wildman–Crippen MR) is 159 cm³/mol. The number of rotatable bonds is 7. The summed E-state index contributed by atoms with van der Waals surface area (Å²) >= 11 is 10.9. The zero-order chi connectivity index (χ0) is 27.4. The molecule has 4 aromatic carbocycles. The second kappa shape index (κ2) is 12.3. The normalized spacial score (nSPS) is 14.7. The number of amides is 1. The van der Waals surface area contributed by atoms with Gasteiger partial charge >= 0.3 is 0 Å². The van der Waals surface area contributed by atoms with Gasteiger partial charge in [0.1, 0.15) is 0 Å². The topological polar surface area (TPSA) is 66.7 Å². The lowest BCUT2D eigenvalue weighted by atomic mass is 9.96. The largest absolute Gasteiger partial charge is 0.336 e. The van der Waals surface area contributed by atoms with Gasteiger partial charge in [-0.15, -0.1) is 0 Å². The molecule has 1 aliphatic rings.